The van der Waals surface area contributed by atoms with Gasteiger partial charge in [0.2, 0.25) is 23.3 Å². The summed E-state index contributed by atoms with van der Waals surface area (Å²) in [6, 6.07) is 12.8. The van der Waals surface area contributed by atoms with Crippen molar-refractivity contribution >= 4 is 90.5 Å². The number of aromatic nitrogens is 8. The largest absolute Gasteiger partial charge is 0.354 e. The second-order valence-corrected chi connectivity index (χ2v) is 20.2. The molecule has 0 spiro atoms. The third kappa shape index (κ3) is 8.18. The minimum Gasteiger partial charge on any atom is -0.354 e. The topological polar surface area (TPSA) is 121 Å². The molecule has 16 bridgehead atoms. The van der Waals surface area contributed by atoms with Gasteiger partial charge in [-0.2, -0.15) is 0 Å². The number of halogens is 20. The third-order valence-electron chi connectivity index (χ3n) is 15.2. The molecule has 0 saturated heterocycles. The number of fused-ring (bicyclic) bond motifs is 18. The highest BCUT2D eigenvalue weighted by molar-refractivity contribution is 6.06. The average molecular weight is 1260 g/mol. The molecule has 0 radical (unpaired) electrons. The lowest BCUT2D eigenvalue weighted by Gasteiger charge is -2.10. The fraction of sp³-hybridized carbons (Fsp3) is 0. The van der Waals surface area contributed by atoms with Gasteiger partial charge in [-0.1, -0.05) is 0 Å². The molecule has 6 N–H and O–H groups in total. The highest BCUT2D eigenvalue weighted by atomic mass is 19.2. The smallest absolute Gasteiger partial charge is 0.200 e. The Morgan fingerprint density at radius 2 is 0.300 bits per heavy atom. The van der Waals surface area contributed by atoms with Gasteiger partial charge in [-0.15, -0.1) is 0 Å². The van der Waals surface area contributed by atoms with Crippen LogP contribution in [0.3, 0.4) is 0 Å². The van der Waals surface area contributed by atoms with Gasteiger partial charge in [-0.3, -0.25) is 0 Å². The summed E-state index contributed by atoms with van der Waals surface area (Å²) in [5, 5.41) is 0. The van der Waals surface area contributed by atoms with E-state index in [-0.39, 0.29) is 56.0 Å². The number of nitrogens with one attached hydrogen (secondary N) is 6. The molecule has 0 amide bonds. The molecule has 8 aromatic heterocycles. The molecule has 12 aromatic rings. The number of rotatable bonds is 5. The monoisotopic (exact) mass is 1260 g/mol. The van der Waals surface area contributed by atoms with Gasteiger partial charge in [-0.05, 0) is 97.1 Å². The van der Waals surface area contributed by atoms with Gasteiger partial charge >= 0.3 is 0 Å². The molecule has 2 aliphatic heterocycles. The van der Waals surface area contributed by atoms with Gasteiger partial charge < -0.3 is 29.9 Å². The summed E-state index contributed by atoms with van der Waals surface area (Å²) < 4.78 is 311. The lowest BCUT2D eigenvalue weighted by Crippen LogP contribution is -2.04. The molecule has 450 valence electrons. The molecule has 8 nitrogen and oxygen atoms in total. The predicted molar refractivity (Wildman–Crippen MR) is 290 cm³/mol. The number of aromatic amines is 6. The second kappa shape index (κ2) is 20.3. The Balaban J connectivity index is 1.18. The molecule has 0 saturated carbocycles. The Bertz CT molecular complexity index is 5130. The van der Waals surface area contributed by atoms with Crippen molar-refractivity contribution in [2.24, 2.45) is 0 Å². The normalized spacial score (nSPS) is 12.4. The molecule has 2 aliphatic rings. The van der Waals surface area contributed by atoms with Crippen molar-refractivity contribution in [3.8, 4) is 55.6 Å². The van der Waals surface area contributed by atoms with Crippen LogP contribution in [-0.4, -0.2) is 39.9 Å². The van der Waals surface area contributed by atoms with E-state index in [9.17, 15) is 17.6 Å². The van der Waals surface area contributed by atoms with Crippen LogP contribution in [0.4, 0.5) is 87.8 Å². The zero-order chi connectivity index (χ0) is 63.5. The highest BCUT2D eigenvalue weighted by Gasteiger charge is 2.34. The minimum atomic E-state index is -2.61. The molecule has 28 heteroatoms. The zero-order valence-electron chi connectivity index (χ0n) is 43.7. The molecule has 0 fully saturated rings. The summed E-state index contributed by atoms with van der Waals surface area (Å²) in [5.74, 6) is -49.1. The van der Waals surface area contributed by atoms with Gasteiger partial charge in [0.15, 0.2) is 93.1 Å². The van der Waals surface area contributed by atoms with E-state index in [2.05, 4.69) is 29.9 Å². The van der Waals surface area contributed by atoms with E-state index in [0.29, 0.717) is 0 Å². The SMILES string of the molecule is Fc1c(F)c(F)c(-c2c3ccc([nH]3)c3nc(c(-c4c5nc(c6ccc([nH]6)c(-c6c(F)c(F)c(F)c(F)c6F)c6ccc([nH]6)c(-c6c(F)c(F)c(F)c(F)c6F)c6ccc4[nH]6)C=C5)c4ccc([nH]4)c(-c4c(F)c(F)c(F)c(F)c4F)c4ccc2[nH]4)C=C3)c(F)c1F. The van der Waals surface area contributed by atoms with Crippen LogP contribution in [-0.2, 0) is 0 Å². The van der Waals surface area contributed by atoms with Crippen LogP contribution in [0.2, 0.25) is 0 Å². The number of hydrogen-bond donors (Lipinski definition) is 6. The van der Waals surface area contributed by atoms with E-state index in [0.717, 1.165) is 48.5 Å². The van der Waals surface area contributed by atoms with Crippen molar-refractivity contribution in [3.63, 3.8) is 0 Å². The van der Waals surface area contributed by atoms with Gasteiger partial charge in [0, 0.05) is 88.5 Å². The van der Waals surface area contributed by atoms with Crippen molar-refractivity contribution in [2.75, 3.05) is 0 Å². The second-order valence-electron chi connectivity index (χ2n) is 20.2. The van der Waals surface area contributed by atoms with Crippen molar-refractivity contribution < 1.29 is 87.8 Å². The van der Waals surface area contributed by atoms with E-state index < -0.39 is 205 Å². The Kier molecular flexibility index (Phi) is 12.8. The van der Waals surface area contributed by atoms with Crippen LogP contribution in [0.15, 0.2) is 72.8 Å². The van der Waals surface area contributed by atoms with Crippen molar-refractivity contribution in [1.29, 1.82) is 0 Å². The molecule has 0 atom stereocenters. The van der Waals surface area contributed by atoms with Gasteiger partial charge in [0.1, 0.15) is 0 Å². The Morgan fingerprint density at radius 1 is 0.156 bits per heavy atom. The molecular formula is C62H22F20N8. The van der Waals surface area contributed by atoms with Crippen LogP contribution in [0.1, 0.15) is 22.8 Å². The first-order valence-corrected chi connectivity index (χ1v) is 25.7. The number of H-pyrrole nitrogens is 6. The lowest BCUT2D eigenvalue weighted by atomic mass is 10.0. The third-order valence-corrected chi connectivity index (χ3v) is 15.2. The number of benzene rings is 4. The quantitative estimate of drug-likeness (QED) is 0.0584. The van der Waals surface area contributed by atoms with Crippen LogP contribution in [0.25, 0.3) is 146 Å². The zero-order valence-corrected chi connectivity index (χ0v) is 43.7. The summed E-state index contributed by atoms with van der Waals surface area (Å²) in [4.78, 5) is 26.0. The number of hydrogen-bond acceptors (Lipinski definition) is 2. The molecule has 4 aromatic carbocycles. The maximum absolute atomic E-state index is 16.4. The first kappa shape index (κ1) is 56.7. The Morgan fingerprint density at radius 3 is 0.500 bits per heavy atom. The maximum atomic E-state index is 16.4. The molecular weight excluding hydrogens is 1240 g/mol. The lowest BCUT2D eigenvalue weighted by molar-refractivity contribution is 0.381. The summed E-state index contributed by atoms with van der Waals surface area (Å²) >= 11 is 0. The molecule has 0 aliphatic carbocycles. The van der Waals surface area contributed by atoms with Crippen LogP contribution >= 0.6 is 0 Å². The van der Waals surface area contributed by atoms with E-state index >= 15 is 70.2 Å². The van der Waals surface area contributed by atoms with Crippen LogP contribution in [0.5, 0.6) is 0 Å². The van der Waals surface area contributed by atoms with Crippen LogP contribution < -0.4 is 0 Å². The van der Waals surface area contributed by atoms with Crippen LogP contribution in [0, 0.1) is 116 Å². The maximum Gasteiger partial charge on any atom is 0.200 e. The summed E-state index contributed by atoms with van der Waals surface area (Å²) in [5.41, 5.74) is -15.9. The van der Waals surface area contributed by atoms with E-state index in [1.165, 1.54) is 48.6 Å². The predicted octanol–water partition coefficient (Wildman–Crippen LogP) is 18.8. The molecule has 10 heterocycles. The van der Waals surface area contributed by atoms with Gasteiger partial charge in [-0.25, -0.2) is 97.8 Å². The highest BCUT2D eigenvalue weighted by Crippen LogP contribution is 2.45. The standard InChI is InChI=1S/C62H22F20N8/c63-43-39(44(64)52(72)59(79)51(43)71)35-25-7-3-19(85-25)17-1-5-21(83-17)33(23-9-11-29(87-23)37(31-15-13-27(35)89-31)41-47(67)55(75)61(81)56(76)48(41)68)34-22-6-2-18(84-22)20-4-8-26(86-20)36(40-45(65)53(73)60(80)54(74)46(40)66)28-14-16-32(90-28)38(30-12-10-24(34)88-30)42-49(69)57(77)62(82)58(78)50(42)70/h1-16,85-90H. The Hall–Kier alpha value is -11.1. The Labute approximate surface area is 484 Å². The molecule has 90 heavy (non-hydrogen) atoms. The fourth-order valence-corrected chi connectivity index (χ4v) is 11.2. The minimum absolute atomic E-state index is 0.0561. The van der Waals surface area contributed by atoms with E-state index in [1.54, 1.807) is 0 Å². The first-order chi connectivity index (χ1) is 42.9. The van der Waals surface area contributed by atoms with Crippen molar-refractivity contribution in [1.82, 2.24) is 39.9 Å². The summed E-state index contributed by atoms with van der Waals surface area (Å²) in [6.07, 6.45) is 5.28. The van der Waals surface area contributed by atoms with Crippen molar-refractivity contribution in [3.05, 3.63) is 212 Å². The van der Waals surface area contributed by atoms with Crippen molar-refractivity contribution in [2.45, 2.75) is 0 Å². The summed E-state index contributed by atoms with van der Waals surface area (Å²) in [6.45, 7) is 0. The van der Waals surface area contributed by atoms with Gasteiger partial charge in [0.05, 0.1) is 56.1 Å². The van der Waals surface area contributed by atoms with E-state index in [1.807, 2.05) is 0 Å². The van der Waals surface area contributed by atoms with Gasteiger partial charge in [0.25, 0.3) is 0 Å². The number of nitrogens with zero attached hydrogens (tertiary/aromatic N) is 2. The first-order valence-electron chi connectivity index (χ1n) is 25.7. The summed E-state index contributed by atoms with van der Waals surface area (Å²) in [7, 11) is 0. The molecule has 14 rings (SSSR count). The molecule has 0 unspecified atom stereocenters. The van der Waals surface area contributed by atoms with E-state index in [4.69, 9.17) is 9.97 Å². The fourth-order valence-electron chi connectivity index (χ4n) is 11.2. The average Bonchev–Trinajstić information content (AvgIpc) is 1.87.